The summed E-state index contributed by atoms with van der Waals surface area (Å²) in [5.74, 6) is -1.15. The highest BCUT2D eigenvalue weighted by molar-refractivity contribution is 14.1. The molecule has 1 aromatic carbocycles. The Balaban J connectivity index is 2.34. The predicted molar refractivity (Wildman–Crippen MR) is 77.8 cm³/mol. The van der Waals surface area contributed by atoms with Crippen LogP contribution in [0.1, 0.15) is 36.0 Å². The molecule has 1 aromatic rings. The van der Waals surface area contributed by atoms with Gasteiger partial charge in [-0.3, -0.25) is 4.79 Å². The second-order valence-corrected chi connectivity index (χ2v) is 5.10. The van der Waals surface area contributed by atoms with Crippen molar-refractivity contribution in [1.82, 2.24) is 5.32 Å². The Hall–Kier alpha value is -0.850. The van der Waals surface area contributed by atoms with E-state index in [-0.39, 0.29) is 11.3 Å². The van der Waals surface area contributed by atoms with Crippen LogP contribution < -0.4 is 5.32 Å². The first-order valence-electron chi connectivity index (χ1n) is 5.98. The molecule has 0 saturated carbocycles. The summed E-state index contributed by atoms with van der Waals surface area (Å²) < 4.78 is 14.1. The second-order valence-electron chi connectivity index (χ2n) is 4.02. The van der Waals surface area contributed by atoms with Crippen LogP contribution in [0, 0.1) is 5.82 Å². The number of hydrogen-bond donors (Lipinski definition) is 2. The van der Waals surface area contributed by atoms with Gasteiger partial charge < -0.3 is 10.4 Å². The van der Waals surface area contributed by atoms with E-state index in [1.54, 1.807) is 0 Å². The molecule has 0 unspecified atom stereocenters. The van der Waals surface area contributed by atoms with Crippen LogP contribution in [0.25, 0.3) is 0 Å². The van der Waals surface area contributed by atoms with Crippen molar-refractivity contribution >= 4 is 28.5 Å². The van der Waals surface area contributed by atoms with Crippen molar-refractivity contribution in [2.24, 2.45) is 0 Å². The molecule has 1 amide bonds. The number of aromatic hydroxyl groups is 1. The number of rotatable bonds is 7. The molecule has 0 radical (unpaired) electrons. The van der Waals surface area contributed by atoms with Gasteiger partial charge in [0.1, 0.15) is 11.6 Å². The number of alkyl halides is 1. The smallest absolute Gasteiger partial charge is 0.255 e. The van der Waals surface area contributed by atoms with Crippen LogP contribution in [0.2, 0.25) is 0 Å². The number of unbranched alkanes of at least 4 members (excludes halogenated alkanes) is 3. The van der Waals surface area contributed by atoms with Crippen LogP contribution in [-0.4, -0.2) is 22.0 Å². The lowest BCUT2D eigenvalue weighted by Gasteiger charge is -2.06. The number of benzene rings is 1. The highest BCUT2D eigenvalue weighted by Gasteiger charge is 2.11. The fourth-order valence-electron chi connectivity index (χ4n) is 1.56. The van der Waals surface area contributed by atoms with Gasteiger partial charge in [0, 0.05) is 6.54 Å². The highest BCUT2D eigenvalue weighted by Crippen LogP contribution is 2.17. The summed E-state index contributed by atoms with van der Waals surface area (Å²) in [6, 6.07) is 3.35. The van der Waals surface area contributed by atoms with Crippen LogP contribution in [0.15, 0.2) is 18.2 Å². The summed E-state index contributed by atoms with van der Waals surface area (Å²) in [4.78, 5) is 11.7. The van der Waals surface area contributed by atoms with E-state index in [9.17, 15) is 14.3 Å². The standard InChI is InChI=1S/C13H17FINO2/c14-10-5-6-12(17)11(9-10)13(18)16-8-4-2-1-3-7-15/h5-6,9,17H,1-4,7-8H2,(H,16,18). The third-order valence-corrected chi connectivity index (χ3v) is 3.31. The Labute approximate surface area is 120 Å². The van der Waals surface area contributed by atoms with E-state index >= 15 is 0 Å². The van der Waals surface area contributed by atoms with E-state index in [1.165, 1.54) is 12.5 Å². The lowest BCUT2D eigenvalue weighted by atomic mass is 10.1. The Morgan fingerprint density at radius 1 is 1.28 bits per heavy atom. The van der Waals surface area contributed by atoms with Gasteiger partial charge >= 0.3 is 0 Å². The lowest BCUT2D eigenvalue weighted by Crippen LogP contribution is -2.24. The van der Waals surface area contributed by atoms with Gasteiger partial charge in [0.15, 0.2) is 0 Å². The van der Waals surface area contributed by atoms with E-state index in [2.05, 4.69) is 27.9 Å². The van der Waals surface area contributed by atoms with Crippen LogP contribution >= 0.6 is 22.6 Å². The fraction of sp³-hybridized carbons (Fsp3) is 0.462. The van der Waals surface area contributed by atoms with Gasteiger partial charge in [-0.05, 0) is 35.5 Å². The average Bonchev–Trinajstić information content (AvgIpc) is 2.36. The monoisotopic (exact) mass is 365 g/mol. The molecule has 0 aliphatic heterocycles. The van der Waals surface area contributed by atoms with Crippen molar-refractivity contribution in [1.29, 1.82) is 0 Å². The summed E-state index contributed by atoms with van der Waals surface area (Å²) in [6.07, 6.45) is 4.32. The maximum absolute atomic E-state index is 12.9. The Morgan fingerprint density at radius 3 is 2.72 bits per heavy atom. The third kappa shape index (κ3) is 5.20. The number of halogens is 2. The molecule has 5 heteroatoms. The van der Waals surface area contributed by atoms with Gasteiger partial charge in [0.2, 0.25) is 0 Å². The van der Waals surface area contributed by atoms with Crippen LogP contribution in [-0.2, 0) is 0 Å². The summed E-state index contributed by atoms with van der Waals surface area (Å²) in [5.41, 5.74) is -0.0118. The molecule has 1 rings (SSSR count). The number of nitrogens with one attached hydrogen (secondary N) is 1. The van der Waals surface area contributed by atoms with E-state index < -0.39 is 11.7 Å². The summed E-state index contributed by atoms with van der Waals surface area (Å²) in [6.45, 7) is 0.552. The molecule has 0 aromatic heterocycles. The number of amides is 1. The van der Waals surface area contributed by atoms with Crippen molar-refractivity contribution in [2.45, 2.75) is 25.7 Å². The van der Waals surface area contributed by atoms with Crippen LogP contribution in [0.4, 0.5) is 4.39 Å². The van der Waals surface area contributed by atoms with Gasteiger partial charge in [-0.2, -0.15) is 0 Å². The topological polar surface area (TPSA) is 49.3 Å². The van der Waals surface area contributed by atoms with Crippen LogP contribution in [0.5, 0.6) is 5.75 Å². The maximum atomic E-state index is 12.9. The molecule has 18 heavy (non-hydrogen) atoms. The minimum atomic E-state index is -0.528. The summed E-state index contributed by atoms with van der Waals surface area (Å²) in [5, 5.41) is 12.1. The van der Waals surface area contributed by atoms with Gasteiger partial charge in [-0.15, -0.1) is 0 Å². The van der Waals surface area contributed by atoms with Crippen molar-refractivity contribution in [3.8, 4) is 5.75 Å². The van der Waals surface area contributed by atoms with Crippen LogP contribution in [0.3, 0.4) is 0 Å². The minimum Gasteiger partial charge on any atom is -0.507 e. The van der Waals surface area contributed by atoms with Crippen molar-refractivity contribution in [2.75, 3.05) is 11.0 Å². The average molecular weight is 365 g/mol. The molecular weight excluding hydrogens is 348 g/mol. The SMILES string of the molecule is O=C(NCCCCCCI)c1cc(F)ccc1O. The number of hydrogen-bond acceptors (Lipinski definition) is 2. The molecule has 2 N–H and O–H groups in total. The molecule has 0 fully saturated rings. The number of carbonyl (C=O) groups is 1. The lowest BCUT2D eigenvalue weighted by molar-refractivity contribution is 0.0950. The molecule has 0 heterocycles. The fourth-order valence-corrected chi connectivity index (χ4v) is 2.10. The zero-order valence-corrected chi connectivity index (χ0v) is 12.2. The molecule has 0 atom stereocenters. The number of phenolic OH excluding ortho intramolecular Hbond substituents is 1. The van der Waals surface area contributed by atoms with E-state index in [1.807, 2.05) is 0 Å². The Kier molecular flexibility index (Phi) is 7.00. The molecule has 0 aliphatic rings. The van der Waals surface area contributed by atoms with Crippen molar-refractivity contribution in [3.63, 3.8) is 0 Å². The van der Waals surface area contributed by atoms with Gasteiger partial charge in [-0.1, -0.05) is 35.4 Å². The zero-order valence-electron chi connectivity index (χ0n) is 10.1. The molecular formula is C13H17FINO2. The van der Waals surface area contributed by atoms with E-state index in [0.29, 0.717) is 6.54 Å². The summed E-state index contributed by atoms with van der Waals surface area (Å²) >= 11 is 2.34. The van der Waals surface area contributed by atoms with Gasteiger partial charge in [0.25, 0.3) is 5.91 Å². The van der Waals surface area contributed by atoms with E-state index in [4.69, 9.17) is 0 Å². The molecule has 100 valence electrons. The highest BCUT2D eigenvalue weighted by atomic mass is 127. The van der Waals surface area contributed by atoms with Gasteiger partial charge in [0.05, 0.1) is 5.56 Å². The minimum absolute atomic E-state index is 0.0118. The first-order valence-corrected chi connectivity index (χ1v) is 7.50. The number of carbonyl (C=O) groups excluding carboxylic acids is 1. The first kappa shape index (κ1) is 15.2. The Bertz CT molecular complexity index is 399. The van der Waals surface area contributed by atoms with Crippen molar-refractivity contribution in [3.05, 3.63) is 29.6 Å². The van der Waals surface area contributed by atoms with Crippen molar-refractivity contribution < 1.29 is 14.3 Å². The predicted octanol–water partition coefficient (Wildman–Crippen LogP) is 3.26. The number of phenols is 1. The third-order valence-electron chi connectivity index (χ3n) is 2.55. The van der Waals surface area contributed by atoms with E-state index in [0.717, 1.165) is 35.8 Å². The normalized spacial score (nSPS) is 10.3. The first-order chi connectivity index (χ1) is 8.65. The second kappa shape index (κ2) is 8.29. The van der Waals surface area contributed by atoms with Gasteiger partial charge in [-0.25, -0.2) is 4.39 Å². The zero-order chi connectivity index (χ0) is 13.4. The molecule has 0 spiro atoms. The summed E-state index contributed by atoms with van der Waals surface area (Å²) in [7, 11) is 0. The maximum Gasteiger partial charge on any atom is 0.255 e. The molecule has 0 saturated heterocycles. The quantitative estimate of drug-likeness (QED) is 0.443. The largest absolute Gasteiger partial charge is 0.507 e. The molecule has 0 aliphatic carbocycles. The molecule has 3 nitrogen and oxygen atoms in total. The molecule has 0 bridgehead atoms. The Morgan fingerprint density at radius 2 is 2.00 bits per heavy atom.